The molecule has 0 unspecified atom stereocenters. The number of rotatable bonds is 8. The quantitative estimate of drug-likeness (QED) is 0.713. The fourth-order valence-corrected chi connectivity index (χ4v) is 3.25. The van der Waals surface area contributed by atoms with E-state index in [0.717, 1.165) is 0 Å². The van der Waals surface area contributed by atoms with E-state index < -0.39 is 22.5 Å². The minimum atomic E-state index is -3.83. The van der Waals surface area contributed by atoms with E-state index in [9.17, 15) is 13.2 Å². The van der Waals surface area contributed by atoms with Crippen LogP contribution in [0.4, 0.5) is 5.69 Å². The van der Waals surface area contributed by atoms with Gasteiger partial charge in [-0.2, -0.15) is 0 Å². The monoisotopic (exact) mass is 398 g/mol. The van der Waals surface area contributed by atoms with Crippen LogP contribution in [0.3, 0.4) is 0 Å². The molecule has 2 N–H and O–H groups in total. The summed E-state index contributed by atoms with van der Waals surface area (Å²) in [5.41, 5.74) is 0.352. The molecule has 26 heavy (non-hydrogen) atoms. The molecule has 0 saturated carbocycles. The molecular weight excluding hydrogens is 380 g/mol. The summed E-state index contributed by atoms with van der Waals surface area (Å²) in [5, 5.41) is 2.97. The van der Waals surface area contributed by atoms with Gasteiger partial charge in [-0.25, -0.2) is 13.1 Å². The van der Waals surface area contributed by atoms with Gasteiger partial charge in [0.1, 0.15) is 11.5 Å². The Morgan fingerprint density at radius 2 is 1.85 bits per heavy atom. The average molecular weight is 399 g/mol. The highest BCUT2D eigenvalue weighted by Crippen LogP contribution is 2.27. The number of carbonyl (C=O) groups excluding carboxylic acids is 1. The predicted octanol–water partition coefficient (Wildman–Crippen LogP) is 2.66. The molecule has 0 fully saturated rings. The molecule has 140 valence electrons. The summed E-state index contributed by atoms with van der Waals surface area (Å²) in [5.74, 6) is 0.425. The Hall–Kier alpha value is -2.29. The van der Waals surface area contributed by atoms with Gasteiger partial charge >= 0.3 is 0 Å². The molecule has 0 atom stereocenters. The highest BCUT2D eigenvalue weighted by atomic mass is 35.5. The first kappa shape index (κ1) is 20.0. The van der Waals surface area contributed by atoms with Crippen molar-refractivity contribution in [2.45, 2.75) is 11.8 Å². The minimum Gasteiger partial charge on any atom is -0.495 e. The summed E-state index contributed by atoms with van der Waals surface area (Å²) in [6, 6.07) is 10.6. The first-order chi connectivity index (χ1) is 12.4. The zero-order chi connectivity index (χ0) is 19.2. The van der Waals surface area contributed by atoms with E-state index in [-0.39, 0.29) is 4.90 Å². The number of amides is 1. The molecule has 0 aliphatic carbocycles. The van der Waals surface area contributed by atoms with Crippen LogP contribution >= 0.6 is 11.6 Å². The predicted molar refractivity (Wildman–Crippen MR) is 99.4 cm³/mol. The van der Waals surface area contributed by atoms with Crippen molar-refractivity contribution in [2.75, 3.05) is 25.6 Å². The Balaban J connectivity index is 2.00. The lowest BCUT2D eigenvalue weighted by Crippen LogP contribution is -2.33. The average Bonchev–Trinajstić information content (AvgIpc) is 2.61. The third-order valence-electron chi connectivity index (χ3n) is 3.30. The molecule has 2 aromatic carbocycles. The number of hydrogen-bond donors (Lipinski definition) is 2. The van der Waals surface area contributed by atoms with E-state index in [1.165, 1.54) is 25.3 Å². The van der Waals surface area contributed by atoms with Crippen LogP contribution in [-0.2, 0) is 14.8 Å². The Morgan fingerprint density at radius 3 is 2.46 bits per heavy atom. The van der Waals surface area contributed by atoms with Gasteiger partial charge in [-0.05, 0) is 49.4 Å². The number of benzene rings is 2. The van der Waals surface area contributed by atoms with Crippen LogP contribution in [0.25, 0.3) is 0 Å². The van der Waals surface area contributed by atoms with E-state index in [4.69, 9.17) is 21.1 Å². The topological polar surface area (TPSA) is 93.7 Å². The third-order valence-corrected chi connectivity index (χ3v) is 4.96. The van der Waals surface area contributed by atoms with Crippen LogP contribution in [0.5, 0.6) is 11.5 Å². The van der Waals surface area contributed by atoms with Crippen molar-refractivity contribution in [3.63, 3.8) is 0 Å². The number of sulfonamides is 1. The van der Waals surface area contributed by atoms with Gasteiger partial charge in [0.2, 0.25) is 15.9 Å². The number of nitrogens with one attached hydrogen (secondary N) is 2. The number of anilines is 1. The van der Waals surface area contributed by atoms with Crippen LogP contribution < -0.4 is 19.5 Å². The van der Waals surface area contributed by atoms with Crippen molar-refractivity contribution in [3.05, 3.63) is 47.5 Å². The second-order valence-corrected chi connectivity index (χ2v) is 7.33. The standard InChI is InChI=1S/C17H19ClN2O5S/c1-3-25-13-5-7-14(8-6-13)26(22,23)19-11-17(21)20-15-10-12(18)4-9-16(15)24-2/h4-10,19H,3,11H2,1-2H3,(H,20,21). The van der Waals surface area contributed by atoms with Gasteiger partial charge < -0.3 is 14.8 Å². The van der Waals surface area contributed by atoms with Crippen molar-refractivity contribution >= 4 is 33.2 Å². The molecule has 2 rings (SSSR count). The molecule has 1 amide bonds. The Morgan fingerprint density at radius 1 is 1.15 bits per heavy atom. The molecule has 0 aliphatic rings. The highest BCUT2D eigenvalue weighted by molar-refractivity contribution is 7.89. The largest absolute Gasteiger partial charge is 0.495 e. The van der Waals surface area contributed by atoms with E-state index in [0.29, 0.717) is 28.8 Å². The van der Waals surface area contributed by atoms with Gasteiger partial charge in [-0.1, -0.05) is 11.6 Å². The molecule has 0 aromatic heterocycles. The van der Waals surface area contributed by atoms with Crippen molar-refractivity contribution in [1.29, 1.82) is 0 Å². The normalized spacial score (nSPS) is 11.0. The molecule has 7 nitrogen and oxygen atoms in total. The molecule has 0 radical (unpaired) electrons. The van der Waals surface area contributed by atoms with Crippen molar-refractivity contribution in [3.8, 4) is 11.5 Å². The summed E-state index contributed by atoms with van der Waals surface area (Å²) in [7, 11) is -2.37. The van der Waals surface area contributed by atoms with E-state index in [1.54, 1.807) is 24.3 Å². The van der Waals surface area contributed by atoms with E-state index in [2.05, 4.69) is 10.0 Å². The molecular formula is C17H19ClN2O5S. The van der Waals surface area contributed by atoms with Crippen LogP contribution in [0, 0.1) is 0 Å². The molecule has 0 heterocycles. The van der Waals surface area contributed by atoms with Crippen LogP contribution in [-0.4, -0.2) is 34.6 Å². The lowest BCUT2D eigenvalue weighted by Gasteiger charge is -2.11. The van der Waals surface area contributed by atoms with Gasteiger partial charge in [0.25, 0.3) is 0 Å². The summed E-state index contributed by atoms with van der Waals surface area (Å²) < 4.78 is 37.2. The number of methoxy groups -OCH3 is 1. The van der Waals surface area contributed by atoms with Crippen LogP contribution in [0.2, 0.25) is 5.02 Å². The Labute approximate surface area is 157 Å². The second kappa shape index (κ2) is 8.88. The molecule has 9 heteroatoms. The minimum absolute atomic E-state index is 0.0362. The lowest BCUT2D eigenvalue weighted by atomic mass is 10.3. The number of hydrogen-bond acceptors (Lipinski definition) is 5. The molecule has 0 aliphatic heterocycles. The van der Waals surface area contributed by atoms with Gasteiger partial charge in [0.15, 0.2) is 0 Å². The molecule has 0 bridgehead atoms. The molecule has 2 aromatic rings. The van der Waals surface area contributed by atoms with Crippen molar-refractivity contribution < 1.29 is 22.7 Å². The van der Waals surface area contributed by atoms with Crippen LogP contribution in [0.15, 0.2) is 47.4 Å². The molecule has 0 saturated heterocycles. The first-order valence-electron chi connectivity index (χ1n) is 7.71. The van der Waals surface area contributed by atoms with Gasteiger partial charge in [0.05, 0.1) is 30.8 Å². The zero-order valence-corrected chi connectivity index (χ0v) is 15.9. The third kappa shape index (κ3) is 5.35. The van der Waals surface area contributed by atoms with E-state index in [1.807, 2.05) is 6.92 Å². The summed E-state index contributed by atoms with van der Waals surface area (Å²) in [6.45, 7) is 1.88. The van der Waals surface area contributed by atoms with Gasteiger partial charge in [-0.15, -0.1) is 0 Å². The number of ether oxygens (including phenoxy) is 2. The fourth-order valence-electron chi connectivity index (χ4n) is 2.10. The van der Waals surface area contributed by atoms with Gasteiger partial charge in [0, 0.05) is 5.02 Å². The summed E-state index contributed by atoms with van der Waals surface area (Å²) in [6.07, 6.45) is 0. The van der Waals surface area contributed by atoms with Crippen molar-refractivity contribution in [2.24, 2.45) is 0 Å². The fraction of sp³-hybridized carbons (Fsp3) is 0.235. The summed E-state index contributed by atoms with van der Waals surface area (Å²) >= 11 is 5.89. The highest BCUT2D eigenvalue weighted by Gasteiger charge is 2.16. The lowest BCUT2D eigenvalue weighted by molar-refractivity contribution is -0.115. The smallest absolute Gasteiger partial charge is 0.241 e. The maximum atomic E-state index is 12.3. The maximum absolute atomic E-state index is 12.3. The maximum Gasteiger partial charge on any atom is 0.241 e. The van der Waals surface area contributed by atoms with Crippen LogP contribution in [0.1, 0.15) is 6.92 Å². The SMILES string of the molecule is CCOc1ccc(S(=O)(=O)NCC(=O)Nc2cc(Cl)ccc2OC)cc1. The zero-order valence-electron chi connectivity index (χ0n) is 14.3. The number of halogens is 1. The second-order valence-electron chi connectivity index (χ2n) is 5.12. The Kier molecular flexibility index (Phi) is 6.84. The van der Waals surface area contributed by atoms with Gasteiger partial charge in [-0.3, -0.25) is 4.79 Å². The Bertz CT molecular complexity index is 869. The number of carbonyl (C=O) groups is 1. The van der Waals surface area contributed by atoms with Crippen molar-refractivity contribution in [1.82, 2.24) is 4.72 Å². The molecule has 0 spiro atoms. The van der Waals surface area contributed by atoms with E-state index >= 15 is 0 Å². The first-order valence-corrected chi connectivity index (χ1v) is 9.57. The summed E-state index contributed by atoms with van der Waals surface area (Å²) in [4.78, 5) is 12.1.